The number of halogens is 2. The maximum absolute atomic E-state index is 14.5. The Hall–Kier alpha value is -2.52. The second-order valence-corrected chi connectivity index (χ2v) is 11.1. The zero-order chi connectivity index (χ0) is 24.5. The summed E-state index contributed by atoms with van der Waals surface area (Å²) in [4.78, 5) is 16.9. The van der Waals surface area contributed by atoms with E-state index in [0.29, 0.717) is 37.3 Å². The number of anilines is 1. The minimum atomic E-state index is -3.99. The first-order valence-electron chi connectivity index (χ1n) is 11.7. The van der Waals surface area contributed by atoms with Crippen molar-refractivity contribution < 1.29 is 22.0 Å². The monoisotopic (exact) mass is 491 g/mol. The van der Waals surface area contributed by atoms with Crippen LogP contribution in [-0.4, -0.2) is 49.8 Å². The molecule has 1 saturated carbocycles. The first-order valence-corrected chi connectivity index (χ1v) is 13.2. The van der Waals surface area contributed by atoms with Gasteiger partial charge >= 0.3 is 0 Å². The molecule has 1 atom stereocenters. The molecule has 2 fully saturated rings. The highest BCUT2D eigenvalue weighted by Crippen LogP contribution is 2.29. The molecule has 2 aliphatic rings. The average Bonchev–Trinajstić information content (AvgIpc) is 3.32. The molecule has 1 heterocycles. The molecular formula is C25H31F2N3O3S. The summed E-state index contributed by atoms with van der Waals surface area (Å²) in [6, 6.07) is 7.11. The zero-order valence-electron chi connectivity index (χ0n) is 19.6. The van der Waals surface area contributed by atoms with E-state index < -0.39 is 21.7 Å². The van der Waals surface area contributed by atoms with Crippen LogP contribution in [0.1, 0.15) is 43.7 Å². The molecule has 1 saturated heterocycles. The highest BCUT2D eigenvalue weighted by molar-refractivity contribution is 7.92. The normalized spacial score (nSPS) is 20.0. The molecule has 0 spiro atoms. The lowest BCUT2D eigenvalue weighted by Crippen LogP contribution is -2.54. The van der Waals surface area contributed by atoms with Crippen molar-refractivity contribution in [2.24, 2.45) is 5.92 Å². The highest BCUT2D eigenvalue weighted by Gasteiger charge is 2.33. The summed E-state index contributed by atoms with van der Waals surface area (Å²) in [6.45, 7) is 6.22. The summed E-state index contributed by atoms with van der Waals surface area (Å²) >= 11 is 0. The summed E-state index contributed by atoms with van der Waals surface area (Å²) in [6.07, 6.45) is 4.20. The highest BCUT2D eigenvalue weighted by atomic mass is 32.2. The summed E-state index contributed by atoms with van der Waals surface area (Å²) in [5, 5.41) is 0. The Morgan fingerprint density at radius 3 is 2.38 bits per heavy atom. The molecule has 1 aliphatic carbocycles. The van der Waals surface area contributed by atoms with Gasteiger partial charge in [0.1, 0.15) is 11.6 Å². The molecule has 2 aromatic rings. The number of sulfonamides is 1. The van der Waals surface area contributed by atoms with Crippen LogP contribution in [0, 0.1) is 24.5 Å². The van der Waals surface area contributed by atoms with Crippen molar-refractivity contribution >= 4 is 21.6 Å². The lowest BCUT2D eigenvalue weighted by molar-refractivity contribution is -0.140. The molecule has 0 bridgehead atoms. The van der Waals surface area contributed by atoms with Gasteiger partial charge in [-0.05, 0) is 74.2 Å². The summed E-state index contributed by atoms with van der Waals surface area (Å²) in [7, 11) is -3.99. The number of hydrogen-bond acceptors (Lipinski definition) is 4. The summed E-state index contributed by atoms with van der Waals surface area (Å²) < 4.78 is 55.5. The van der Waals surface area contributed by atoms with Gasteiger partial charge in [0.2, 0.25) is 5.91 Å². The Balaban J connectivity index is 1.46. The fourth-order valence-electron chi connectivity index (χ4n) is 4.98. The third-order valence-corrected chi connectivity index (χ3v) is 8.32. The SMILES string of the molecule is Cc1c(CN2CCN(C(=O)C3CCCC3)[C@@H](C)C2)cc(F)cc1NS(=O)(=O)c1ccc(F)cc1. The predicted octanol–water partition coefficient (Wildman–Crippen LogP) is 4.30. The fourth-order valence-corrected chi connectivity index (χ4v) is 6.09. The van der Waals surface area contributed by atoms with Crippen LogP contribution in [0.4, 0.5) is 14.5 Å². The van der Waals surface area contributed by atoms with Gasteiger partial charge in [0.05, 0.1) is 10.6 Å². The van der Waals surface area contributed by atoms with Crippen LogP contribution in [0.2, 0.25) is 0 Å². The number of nitrogens with zero attached hydrogens (tertiary/aromatic N) is 2. The van der Waals surface area contributed by atoms with Crippen molar-refractivity contribution in [1.29, 1.82) is 0 Å². The number of carbonyl (C=O) groups excluding carboxylic acids is 1. The van der Waals surface area contributed by atoms with Crippen LogP contribution in [0.5, 0.6) is 0 Å². The van der Waals surface area contributed by atoms with Crippen LogP contribution in [0.15, 0.2) is 41.3 Å². The van der Waals surface area contributed by atoms with Crippen LogP contribution >= 0.6 is 0 Å². The molecule has 0 radical (unpaired) electrons. The molecular weight excluding hydrogens is 460 g/mol. The van der Waals surface area contributed by atoms with Gasteiger partial charge in [-0.15, -0.1) is 0 Å². The molecule has 0 unspecified atom stereocenters. The third kappa shape index (κ3) is 5.41. The minimum Gasteiger partial charge on any atom is -0.337 e. The van der Waals surface area contributed by atoms with Crippen molar-refractivity contribution in [2.75, 3.05) is 24.4 Å². The Morgan fingerprint density at radius 2 is 1.74 bits per heavy atom. The van der Waals surface area contributed by atoms with E-state index >= 15 is 0 Å². The first kappa shape index (κ1) is 24.6. The van der Waals surface area contributed by atoms with E-state index in [1.807, 2.05) is 11.8 Å². The molecule has 1 N–H and O–H groups in total. The van der Waals surface area contributed by atoms with E-state index in [2.05, 4.69) is 9.62 Å². The number of carbonyl (C=O) groups is 1. The maximum Gasteiger partial charge on any atom is 0.261 e. The van der Waals surface area contributed by atoms with E-state index in [-0.39, 0.29) is 28.4 Å². The average molecular weight is 492 g/mol. The van der Waals surface area contributed by atoms with Crippen molar-refractivity contribution in [3.05, 3.63) is 59.2 Å². The Kier molecular flexibility index (Phi) is 7.23. The van der Waals surface area contributed by atoms with Crippen molar-refractivity contribution in [3.8, 4) is 0 Å². The number of hydrogen-bond donors (Lipinski definition) is 1. The van der Waals surface area contributed by atoms with Crippen LogP contribution in [-0.2, 0) is 21.4 Å². The second-order valence-electron chi connectivity index (χ2n) is 9.39. The minimum absolute atomic E-state index is 0.0622. The molecule has 2 aromatic carbocycles. The number of benzene rings is 2. The van der Waals surface area contributed by atoms with Gasteiger partial charge in [0.15, 0.2) is 0 Å². The van der Waals surface area contributed by atoms with Gasteiger partial charge in [-0.2, -0.15) is 0 Å². The second kappa shape index (κ2) is 10.00. The van der Waals surface area contributed by atoms with E-state index in [9.17, 15) is 22.0 Å². The standard InChI is InChI=1S/C25H31F2N3O3S/c1-17-15-29(11-12-30(17)25(31)19-5-3-4-6-19)16-20-13-22(27)14-24(18(20)2)28-34(32,33)23-9-7-21(26)8-10-23/h7-10,13-14,17,19,28H,3-6,11-12,15-16H2,1-2H3/t17-/m0/s1. The number of nitrogens with one attached hydrogen (secondary N) is 1. The van der Waals surface area contributed by atoms with Gasteiger partial charge < -0.3 is 4.90 Å². The zero-order valence-corrected chi connectivity index (χ0v) is 20.4. The van der Waals surface area contributed by atoms with Crippen molar-refractivity contribution in [3.63, 3.8) is 0 Å². The predicted molar refractivity (Wildman–Crippen MR) is 127 cm³/mol. The topological polar surface area (TPSA) is 69.7 Å². The molecule has 0 aromatic heterocycles. The van der Waals surface area contributed by atoms with Gasteiger partial charge in [0.25, 0.3) is 10.0 Å². The number of amides is 1. The Morgan fingerprint density at radius 1 is 1.06 bits per heavy atom. The fraction of sp³-hybridized carbons (Fsp3) is 0.480. The van der Waals surface area contributed by atoms with Crippen LogP contribution in [0.3, 0.4) is 0 Å². The largest absolute Gasteiger partial charge is 0.337 e. The van der Waals surface area contributed by atoms with E-state index in [1.54, 1.807) is 6.92 Å². The lowest BCUT2D eigenvalue weighted by Gasteiger charge is -2.41. The van der Waals surface area contributed by atoms with E-state index in [1.165, 1.54) is 18.2 Å². The third-order valence-electron chi connectivity index (χ3n) is 6.94. The Bertz CT molecular complexity index is 1150. The van der Waals surface area contributed by atoms with E-state index in [0.717, 1.165) is 43.9 Å². The van der Waals surface area contributed by atoms with Gasteiger partial charge in [0, 0.05) is 38.1 Å². The molecule has 34 heavy (non-hydrogen) atoms. The maximum atomic E-state index is 14.5. The molecule has 1 amide bonds. The van der Waals surface area contributed by atoms with Crippen molar-refractivity contribution in [1.82, 2.24) is 9.80 Å². The lowest BCUT2D eigenvalue weighted by atomic mass is 10.0. The number of piperazine rings is 1. The van der Waals surface area contributed by atoms with Gasteiger partial charge in [-0.3, -0.25) is 14.4 Å². The summed E-state index contributed by atoms with van der Waals surface area (Å²) in [5.41, 5.74) is 1.46. The molecule has 184 valence electrons. The molecule has 1 aliphatic heterocycles. The molecule has 6 nitrogen and oxygen atoms in total. The summed E-state index contributed by atoms with van der Waals surface area (Å²) in [5.74, 6) is -0.678. The smallest absolute Gasteiger partial charge is 0.261 e. The van der Waals surface area contributed by atoms with Crippen LogP contribution < -0.4 is 4.72 Å². The first-order chi connectivity index (χ1) is 16.1. The number of rotatable bonds is 6. The van der Waals surface area contributed by atoms with Gasteiger partial charge in [-0.1, -0.05) is 12.8 Å². The molecule has 9 heteroatoms. The van der Waals surface area contributed by atoms with Gasteiger partial charge in [-0.25, -0.2) is 17.2 Å². The quantitative estimate of drug-likeness (QED) is 0.654. The van der Waals surface area contributed by atoms with Crippen molar-refractivity contribution in [2.45, 2.75) is 57.0 Å². The molecule has 4 rings (SSSR count). The van der Waals surface area contributed by atoms with E-state index in [4.69, 9.17) is 0 Å². The van der Waals surface area contributed by atoms with Crippen LogP contribution in [0.25, 0.3) is 0 Å². The Labute approximate surface area is 200 Å².